The van der Waals surface area contributed by atoms with Crippen molar-refractivity contribution in [2.45, 2.75) is 6.04 Å². The minimum absolute atomic E-state index is 0.330. The minimum atomic E-state index is -1.04. The molecule has 0 saturated carbocycles. The summed E-state index contributed by atoms with van der Waals surface area (Å²) < 4.78 is 5.21. The van der Waals surface area contributed by atoms with Gasteiger partial charge in [0, 0.05) is 24.7 Å². The van der Waals surface area contributed by atoms with Gasteiger partial charge in [-0.1, -0.05) is 18.2 Å². The van der Waals surface area contributed by atoms with Gasteiger partial charge in [-0.15, -0.1) is 0 Å². The Kier molecular flexibility index (Phi) is 5.54. The quantitative estimate of drug-likeness (QED) is 0.687. The van der Waals surface area contributed by atoms with Crippen LogP contribution in [0.4, 0.5) is 0 Å². The minimum Gasteiger partial charge on any atom is -0.394 e. The molecular formula is C17H20N4O4. The van der Waals surface area contributed by atoms with E-state index >= 15 is 0 Å². The van der Waals surface area contributed by atoms with Gasteiger partial charge in [-0.25, -0.2) is 5.01 Å². The molecule has 2 aromatic rings. The van der Waals surface area contributed by atoms with Crippen LogP contribution in [0.3, 0.4) is 0 Å². The van der Waals surface area contributed by atoms with Crippen molar-refractivity contribution < 1.29 is 19.4 Å². The molecule has 3 N–H and O–H groups in total. The van der Waals surface area contributed by atoms with E-state index in [-0.39, 0.29) is 0 Å². The third-order valence-corrected chi connectivity index (χ3v) is 3.94. The van der Waals surface area contributed by atoms with E-state index in [9.17, 15) is 14.7 Å². The Morgan fingerprint density at radius 1 is 1.28 bits per heavy atom. The monoisotopic (exact) mass is 344 g/mol. The third kappa shape index (κ3) is 4.30. The number of hydrogen-bond donors (Lipinski definition) is 3. The summed E-state index contributed by atoms with van der Waals surface area (Å²) in [5.74, 6) is -0.930. The number of rotatable bonds is 5. The molecule has 3 rings (SSSR count). The molecule has 2 amide bonds. The Labute approximate surface area is 144 Å². The van der Waals surface area contributed by atoms with Crippen LogP contribution in [0.25, 0.3) is 10.9 Å². The number of aliphatic hydroxyl groups is 1. The van der Waals surface area contributed by atoms with E-state index in [1.807, 2.05) is 24.3 Å². The zero-order valence-corrected chi connectivity index (χ0v) is 13.6. The molecule has 1 aliphatic rings. The molecule has 8 heteroatoms. The van der Waals surface area contributed by atoms with Crippen molar-refractivity contribution in [3.8, 4) is 0 Å². The zero-order valence-electron chi connectivity index (χ0n) is 13.6. The number of ether oxygens (including phenoxy) is 1. The fraction of sp³-hybridized carbons (Fsp3) is 0.353. The van der Waals surface area contributed by atoms with Crippen LogP contribution < -0.4 is 10.7 Å². The summed E-state index contributed by atoms with van der Waals surface area (Å²) in [7, 11) is 0. The van der Waals surface area contributed by atoms with Crippen molar-refractivity contribution in [1.29, 1.82) is 0 Å². The number of fused-ring (bicyclic) bond motifs is 1. The normalized spacial score (nSPS) is 16.4. The van der Waals surface area contributed by atoms with Crippen molar-refractivity contribution >= 4 is 22.7 Å². The van der Waals surface area contributed by atoms with Gasteiger partial charge in [0.05, 0.1) is 30.9 Å². The van der Waals surface area contributed by atoms with Crippen LogP contribution in [-0.2, 0) is 9.53 Å². The van der Waals surface area contributed by atoms with Gasteiger partial charge in [-0.3, -0.25) is 20.0 Å². The fourth-order valence-corrected chi connectivity index (χ4v) is 2.54. The van der Waals surface area contributed by atoms with Crippen molar-refractivity contribution in [3.63, 3.8) is 0 Å². The highest BCUT2D eigenvalue weighted by Gasteiger charge is 2.23. The summed E-state index contributed by atoms with van der Waals surface area (Å²) in [5.41, 5.74) is 3.79. The maximum Gasteiger partial charge on any atom is 0.259 e. The Hall–Kier alpha value is -2.55. The molecule has 1 saturated heterocycles. The first kappa shape index (κ1) is 17.3. The summed E-state index contributed by atoms with van der Waals surface area (Å²) in [5, 5.41) is 14.5. The molecule has 0 bridgehead atoms. The largest absolute Gasteiger partial charge is 0.394 e. The van der Waals surface area contributed by atoms with Crippen molar-refractivity contribution in [2.75, 3.05) is 32.9 Å². The van der Waals surface area contributed by atoms with Crippen LogP contribution in [0.2, 0.25) is 0 Å². The molecule has 132 valence electrons. The van der Waals surface area contributed by atoms with Gasteiger partial charge in [0.2, 0.25) is 0 Å². The van der Waals surface area contributed by atoms with Crippen molar-refractivity contribution in [3.05, 3.63) is 42.1 Å². The Balaban J connectivity index is 1.64. The van der Waals surface area contributed by atoms with Gasteiger partial charge in [0.15, 0.2) is 0 Å². The number of morpholine rings is 1. The molecule has 1 aromatic heterocycles. The van der Waals surface area contributed by atoms with Crippen LogP contribution in [0, 0.1) is 0 Å². The number of nitrogens with one attached hydrogen (secondary N) is 2. The summed E-state index contributed by atoms with van der Waals surface area (Å²) in [4.78, 5) is 28.8. The summed E-state index contributed by atoms with van der Waals surface area (Å²) in [6.45, 7) is 1.68. The number of benzene rings is 1. The molecule has 8 nitrogen and oxygen atoms in total. The van der Waals surface area contributed by atoms with Gasteiger partial charge in [0.25, 0.3) is 11.8 Å². The third-order valence-electron chi connectivity index (χ3n) is 3.94. The molecule has 25 heavy (non-hydrogen) atoms. The molecule has 0 spiro atoms. The van der Waals surface area contributed by atoms with Crippen molar-refractivity contribution in [2.24, 2.45) is 0 Å². The highest BCUT2D eigenvalue weighted by molar-refractivity contribution is 5.99. The SMILES string of the molecule is O=C(NC(CO)C(=O)NN1CCOCC1)c1cnc2ccccc2c1. The van der Waals surface area contributed by atoms with E-state index in [4.69, 9.17) is 4.74 Å². The molecular weight excluding hydrogens is 324 g/mol. The number of amides is 2. The summed E-state index contributed by atoms with van der Waals surface area (Å²) >= 11 is 0. The first-order valence-corrected chi connectivity index (χ1v) is 8.07. The second-order valence-corrected chi connectivity index (χ2v) is 5.70. The smallest absolute Gasteiger partial charge is 0.259 e. The van der Waals surface area contributed by atoms with Crippen LogP contribution in [0.15, 0.2) is 36.5 Å². The number of para-hydroxylation sites is 1. The number of aromatic nitrogens is 1. The van der Waals surface area contributed by atoms with E-state index < -0.39 is 24.5 Å². The van der Waals surface area contributed by atoms with E-state index in [1.165, 1.54) is 6.20 Å². The summed E-state index contributed by atoms with van der Waals surface area (Å²) in [6.07, 6.45) is 1.45. The highest BCUT2D eigenvalue weighted by atomic mass is 16.5. The zero-order chi connectivity index (χ0) is 17.6. The number of hydrazine groups is 1. The van der Waals surface area contributed by atoms with Gasteiger partial charge in [-0.05, 0) is 12.1 Å². The average Bonchev–Trinajstić information content (AvgIpc) is 2.66. The molecule has 1 aliphatic heterocycles. The van der Waals surface area contributed by atoms with Gasteiger partial charge in [-0.2, -0.15) is 0 Å². The average molecular weight is 344 g/mol. The number of aliphatic hydroxyl groups excluding tert-OH is 1. The Morgan fingerprint density at radius 2 is 2.04 bits per heavy atom. The van der Waals surface area contributed by atoms with E-state index in [2.05, 4.69) is 15.7 Å². The lowest BCUT2D eigenvalue weighted by Crippen LogP contribution is -2.56. The second-order valence-electron chi connectivity index (χ2n) is 5.70. The van der Waals surface area contributed by atoms with Gasteiger partial charge in [0.1, 0.15) is 6.04 Å². The standard InChI is InChI=1S/C17H20N4O4/c22-11-15(17(24)20-21-5-7-25-8-6-21)19-16(23)13-9-12-3-1-2-4-14(12)18-10-13/h1-4,9-10,15,22H,5-8,11H2,(H,19,23)(H,20,24). The first-order valence-electron chi connectivity index (χ1n) is 8.07. The van der Waals surface area contributed by atoms with Crippen LogP contribution in [-0.4, -0.2) is 65.9 Å². The Morgan fingerprint density at radius 3 is 2.80 bits per heavy atom. The number of nitrogens with zero attached hydrogens (tertiary/aromatic N) is 2. The van der Waals surface area contributed by atoms with Gasteiger partial charge < -0.3 is 15.2 Å². The highest BCUT2D eigenvalue weighted by Crippen LogP contribution is 2.12. The lowest BCUT2D eigenvalue weighted by atomic mass is 10.1. The molecule has 0 aliphatic carbocycles. The second kappa shape index (κ2) is 8.02. The predicted molar refractivity (Wildman–Crippen MR) is 90.6 cm³/mol. The van der Waals surface area contributed by atoms with Gasteiger partial charge >= 0.3 is 0 Å². The molecule has 0 radical (unpaired) electrons. The first-order chi connectivity index (χ1) is 12.2. The molecule has 1 aromatic carbocycles. The molecule has 2 heterocycles. The van der Waals surface area contributed by atoms with E-state index in [0.29, 0.717) is 31.9 Å². The molecule has 1 fully saturated rings. The summed E-state index contributed by atoms with van der Waals surface area (Å²) in [6, 6.07) is 8.09. The lowest BCUT2D eigenvalue weighted by Gasteiger charge is -2.28. The van der Waals surface area contributed by atoms with Crippen LogP contribution in [0.1, 0.15) is 10.4 Å². The van der Waals surface area contributed by atoms with Crippen molar-refractivity contribution in [1.82, 2.24) is 20.7 Å². The fourth-order valence-electron chi connectivity index (χ4n) is 2.54. The number of carbonyl (C=O) groups excluding carboxylic acids is 2. The number of pyridine rings is 1. The number of hydrogen-bond acceptors (Lipinski definition) is 6. The molecule has 1 atom stereocenters. The predicted octanol–water partition coefficient (Wildman–Crippen LogP) is -0.311. The maximum atomic E-state index is 12.4. The van der Waals surface area contributed by atoms with Crippen LogP contribution in [0.5, 0.6) is 0 Å². The van der Waals surface area contributed by atoms with E-state index in [1.54, 1.807) is 11.1 Å². The number of carbonyl (C=O) groups is 2. The Bertz CT molecular complexity index is 761. The lowest BCUT2D eigenvalue weighted by molar-refractivity contribution is -0.130. The topological polar surface area (TPSA) is 104 Å². The maximum absolute atomic E-state index is 12.4. The van der Waals surface area contributed by atoms with Crippen LogP contribution >= 0.6 is 0 Å². The molecule has 1 unspecified atom stereocenters. The van der Waals surface area contributed by atoms with E-state index in [0.717, 1.165) is 10.9 Å².